The van der Waals surface area contributed by atoms with Gasteiger partial charge in [-0.05, 0) is 25.8 Å². The van der Waals surface area contributed by atoms with Crippen LogP contribution in [-0.4, -0.2) is 30.7 Å². The molecule has 3 rings (SSSR count). The van der Waals surface area contributed by atoms with Crippen molar-refractivity contribution in [3.8, 4) is 0 Å². The van der Waals surface area contributed by atoms with Crippen LogP contribution in [0.2, 0.25) is 0 Å². The van der Waals surface area contributed by atoms with Crippen molar-refractivity contribution in [2.75, 3.05) is 19.6 Å². The summed E-state index contributed by atoms with van der Waals surface area (Å²) in [6, 6.07) is 1.77. The molecule has 5 nitrogen and oxygen atoms in total. The van der Waals surface area contributed by atoms with E-state index >= 15 is 0 Å². The first-order valence-electron chi connectivity index (χ1n) is 6.46. The quantitative estimate of drug-likeness (QED) is 0.785. The van der Waals surface area contributed by atoms with Crippen LogP contribution >= 0.6 is 0 Å². The lowest BCUT2D eigenvalue weighted by Gasteiger charge is -2.13. The van der Waals surface area contributed by atoms with E-state index in [1.54, 1.807) is 6.07 Å². The van der Waals surface area contributed by atoms with Crippen molar-refractivity contribution in [2.45, 2.75) is 25.2 Å². The molecule has 2 N–H and O–H groups in total. The second kappa shape index (κ2) is 4.94. The lowest BCUT2D eigenvalue weighted by atomic mass is 10.1. The molecule has 0 radical (unpaired) electrons. The minimum atomic E-state index is -0.148. The molecule has 1 aliphatic heterocycles. The zero-order valence-corrected chi connectivity index (χ0v) is 10.2. The highest BCUT2D eigenvalue weighted by molar-refractivity contribution is 5.92. The highest BCUT2D eigenvalue weighted by Gasteiger charge is 2.28. The average molecular weight is 247 g/mol. The third kappa shape index (κ3) is 2.61. The molecule has 0 spiro atoms. The lowest BCUT2D eigenvalue weighted by Crippen LogP contribution is -2.29. The SMILES string of the molecule is O=C(NCC1=CCNCC1)c1cc(C2CC2)on1. The Labute approximate surface area is 106 Å². The van der Waals surface area contributed by atoms with Gasteiger partial charge in [0.1, 0.15) is 5.76 Å². The second-order valence-corrected chi connectivity index (χ2v) is 4.89. The molecule has 1 saturated carbocycles. The van der Waals surface area contributed by atoms with Crippen molar-refractivity contribution in [1.82, 2.24) is 15.8 Å². The fraction of sp³-hybridized carbons (Fsp3) is 0.538. The lowest BCUT2D eigenvalue weighted by molar-refractivity contribution is 0.0947. The first-order valence-corrected chi connectivity index (χ1v) is 6.46. The zero-order chi connectivity index (χ0) is 12.4. The number of hydrogen-bond acceptors (Lipinski definition) is 4. The van der Waals surface area contributed by atoms with Crippen molar-refractivity contribution in [1.29, 1.82) is 0 Å². The van der Waals surface area contributed by atoms with Gasteiger partial charge in [-0.3, -0.25) is 4.79 Å². The van der Waals surface area contributed by atoms with E-state index in [4.69, 9.17) is 4.52 Å². The highest BCUT2D eigenvalue weighted by atomic mass is 16.5. The maximum absolute atomic E-state index is 11.9. The van der Waals surface area contributed by atoms with E-state index in [1.165, 1.54) is 5.57 Å². The van der Waals surface area contributed by atoms with Gasteiger partial charge in [-0.25, -0.2) is 0 Å². The zero-order valence-electron chi connectivity index (χ0n) is 10.2. The van der Waals surface area contributed by atoms with Crippen LogP contribution in [0.3, 0.4) is 0 Å². The molecule has 1 aromatic heterocycles. The predicted molar refractivity (Wildman–Crippen MR) is 66.4 cm³/mol. The number of amides is 1. The Morgan fingerprint density at radius 1 is 1.56 bits per heavy atom. The standard InChI is InChI=1S/C13H17N3O2/c17-13(15-8-9-3-5-14-6-4-9)11-7-12(18-16-11)10-1-2-10/h3,7,10,14H,1-2,4-6,8H2,(H,15,17). The van der Waals surface area contributed by atoms with E-state index in [0.717, 1.165) is 38.1 Å². The van der Waals surface area contributed by atoms with Crippen molar-refractivity contribution < 1.29 is 9.32 Å². The Balaban J connectivity index is 1.55. The van der Waals surface area contributed by atoms with Gasteiger partial charge in [0, 0.05) is 25.1 Å². The molecular formula is C13H17N3O2. The molecule has 0 aromatic carbocycles. The fourth-order valence-corrected chi connectivity index (χ4v) is 2.07. The summed E-state index contributed by atoms with van der Waals surface area (Å²) in [5.74, 6) is 1.19. The molecule has 18 heavy (non-hydrogen) atoms. The first-order chi connectivity index (χ1) is 8.83. The summed E-state index contributed by atoms with van der Waals surface area (Å²) < 4.78 is 5.17. The van der Waals surface area contributed by atoms with E-state index in [0.29, 0.717) is 18.2 Å². The minimum Gasteiger partial charge on any atom is -0.360 e. The number of carbonyl (C=O) groups is 1. The number of nitrogens with one attached hydrogen (secondary N) is 2. The van der Waals surface area contributed by atoms with Gasteiger partial charge in [-0.1, -0.05) is 16.8 Å². The second-order valence-electron chi connectivity index (χ2n) is 4.89. The van der Waals surface area contributed by atoms with Crippen LogP contribution in [0.15, 0.2) is 22.2 Å². The Hall–Kier alpha value is -1.62. The van der Waals surface area contributed by atoms with Gasteiger partial charge >= 0.3 is 0 Å². The topological polar surface area (TPSA) is 67.2 Å². The summed E-state index contributed by atoms with van der Waals surface area (Å²) >= 11 is 0. The van der Waals surface area contributed by atoms with Gasteiger partial charge in [0.25, 0.3) is 5.91 Å². The summed E-state index contributed by atoms with van der Waals surface area (Å²) in [5.41, 5.74) is 1.67. The van der Waals surface area contributed by atoms with Crippen molar-refractivity contribution in [3.05, 3.63) is 29.2 Å². The maximum atomic E-state index is 11.9. The fourth-order valence-electron chi connectivity index (χ4n) is 2.07. The monoisotopic (exact) mass is 247 g/mol. The van der Waals surface area contributed by atoms with Crippen molar-refractivity contribution in [3.63, 3.8) is 0 Å². The molecule has 2 aliphatic rings. The average Bonchev–Trinajstić information content (AvgIpc) is 3.15. The van der Waals surface area contributed by atoms with Gasteiger partial charge in [0.15, 0.2) is 5.69 Å². The van der Waals surface area contributed by atoms with Crippen molar-refractivity contribution >= 4 is 5.91 Å². The Kier molecular flexibility index (Phi) is 3.15. The van der Waals surface area contributed by atoms with Crippen LogP contribution in [0, 0.1) is 0 Å². The van der Waals surface area contributed by atoms with Gasteiger partial charge in [0.2, 0.25) is 0 Å². The molecular weight excluding hydrogens is 230 g/mol. The van der Waals surface area contributed by atoms with Crippen LogP contribution in [0.1, 0.15) is 41.4 Å². The minimum absolute atomic E-state index is 0.148. The maximum Gasteiger partial charge on any atom is 0.273 e. The summed E-state index contributed by atoms with van der Waals surface area (Å²) in [4.78, 5) is 11.9. The number of nitrogens with zero attached hydrogens (tertiary/aromatic N) is 1. The van der Waals surface area contributed by atoms with Crippen LogP contribution in [0.5, 0.6) is 0 Å². The molecule has 96 valence electrons. The summed E-state index contributed by atoms with van der Waals surface area (Å²) in [6.07, 6.45) is 5.42. The van der Waals surface area contributed by atoms with E-state index in [9.17, 15) is 4.79 Å². The smallest absolute Gasteiger partial charge is 0.273 e. The number of aromatic nitrogens is 1. The summed E-state index contributed by atoms with van der Waals surface area (Å²) in [7, 11) is 0. The molecule has 0 saturated heterocycles. The molecule has 1 fully saturated rings. The molecule has 0 atom stereocenters. The van der Waals surface area contributed by atoms with Gasteiger partial charge in [0.05, 0.1) is 0 Å². The van der Waals surface area contributed by atoms with Crippen LogP contribution in [-0.2, 0) is 0 Å². The molecule has 0 bridgehead atoms. The predicted octanol–water partition coefficient (Wildman–Crippen LogP) is 1.20. The van der Waals surface area contributed by atoms with Crippen LogP contribution in [0.25, 0.3) is 0 Å². The van der Waals surface area contributed by atoms with Crippen LogP contribution in [0.4, 0.5) is 0 Å². The molecule has 1 aliphatic carbocycles. The number of hydrogen-bond donors (Lipinski definition) is 2. The Morgan fingerprint density at radius 2 is 2.44 bits per heavy atom. The summed E-state index contributed by atoms with van der Waals surface area (Å²) in [6.45, 7) is 2.48. The summed E-state index contributed by atoms with van der Waals surface area (Å²) in [5, 5.41) is 9.95. The molecule has 1 amide bonds. The third-order valence-corrected chi connectivity index (χ3v) is 3.37. The van der Waals surface area contributed by atoms with Gasteiger partial charge in [-0.15, -0.1) is 0 Å². The Bertz CT molecular complexity index is 474. The van der Waals surface area contributed by atoms with E-state index in [-0.39, 0.29) is 5.91 Å². The first kappa shape index (κ1) is 11.5. The molecule has 1 aromatic rings. The van der Waals surface area contributed by atoms with E-state index in [1.807, 2.05) is 0 Å². The molecule has 0 unspecified atom stereocenters. The molecule has 5 heteroatoms. The third-order valence-electron chi connectivity index (χ3n) is 3.37. The normalized spacial score (nSPS) is 19.4. The van der Waals surface area contributed by atoms with Gasteiger partial charge in [-0.2, -0.15) is 0 Å². The van der Waals surface area contributed by atoms with E-state index in [2.05, 4.69) is 21.9 Å². The largest absolute Gasteiger partial charge is 0.360 e. The number of rotatable bonds is 4. The van der Waals surface area contributed by atoms with E-state index < -0.39 is 0 Å². The number of carbonyl (C=O) groups excluding carboxylic acids is 1. The molecule has 2 heterocycles. The van der Waals surface area contributed by atoms with Gasteiger partial charge < -0.3 is 15.2 Å². The van der Waals surface area contributed by atoms with Crippen molar-refractivity contribution in [2.24, 2.45) is 0 Å². The highest BCUT2D eigenvalue weighted by Crippen LogP contribution is 2.40. The Morgan fingerprint density at radius 3 is 3.17 bits per heavy atom. The van der Waals surface area contributed by atoms with Crippen LogP contribution < -0.4 is 10.6 Å².